The average Bonchev–Trinajstić information content (AvgIpc) is 3.12. The number of urea groups is 1. The molecule has 3 rings (SSSR count). The first-order valence-electron chi connectivity index (χ1n) is 8.44. The molecule has 26 heavy (non-hydrogen) atoms. The van der Waals surface area contributed by atoms with Gasteiger partial charge in [0.05, 0.1) is 6.54 Å². The highest BCUT2D eigenvalue weighted by Gasteiger charge is 2.10. The second-order valence-electron chi connectivity index (χ2n) is 6.15. The molecule has 0 atom stereocenters. The Bertz CT molecular complexity index is 793. The number of hydrogen-bond donors (Lipinski definition) is 4. The van der Waals surface area contributed by atoms with Crippen LogP contribution in [0.3, 0.4) is 0 Å². The number of carbonyl (C=O) groups is 2. The van der Waals surface area contributed by atoms with E-state index < -0.39 is 6.03 Å². The molecule has 0 aromatic heterocycles. The zero-order valence-electron chi connectivity index (χ0n) is 14.3. The third-order valence-corrected chi connectivity index (χ3v) is 4.17. The molecule has 1 aliphatic heterocycles. The van der Waals surface area contributed by atoms with Gasteiger partial charge < -0.3 is 21.3 Å². The lowest BCUT2D eigenvalue weighted by atomic mass is 10.1. The molecule has 0 saturated carbocycles. The number of rotatable bonds is 6. The molecule has 6 nitrogen and oxygen atoms in total. The molecular weight excluding hydrogens is 335 g/mol. The Morgan fingerprint density at radius 3 is 2.38 bits per heavy atom. The second kappa shape index (κ2) is 8.44. The molecule has 2 aromatic carbocycles. The van der Waals surface area contributed by atoms with Crippen molar-refractivity contribution in [3.63, 3.8) is 0 Å². The van der Waals surface area contributed by atoms with Crippen molar-refractivity contribution >= 4 is 11.9 Å². The minimum absolute atomic E-state index is 0.109. The highest BCUT2D eigenvalue weighted by molar-refractivity contribution is 5.83. The molecule has 2 aromatic rings. The maximum Gasteiger partial charge on any atom is 0.315 e. The molecule has 1 heterocycles. The Hall–Kier alpha value is -2.93. The highest BCUT2D eigenvalue weighted by atomic mass is 19.1. The van der Waals surface area contributed by atoms with Gasteiger partial charge in [-0.25, -0.2) is 9.18 Å². The Labute approximate surface area is 151 Å². The molecule has 0 bridgehead atoms. The first kappa shape index (κ1) is 17.9. The summed E-state index contributed by atoms with van der Waals surface area (Å²) in [7, 11) is 0. The van der Waals surface area contributed by atoms with Crippen LogP contribution in [0.5, 0.6) is 0 Å². The van der Waals surface area contributed by atoms with E-state index in [1.165, 1.54) is 23.3 Å². The smallest absolute Gasteiger partial charge is 0.315 e. The van der Waals surface area contributed by atoms with Crippen LogP contribution in [0.25, 0.3) is 0 Å². The van der Waals surface area contributed by atoms with E-state index >= 15 is 0 Å². The van der Waals surface area contributed by atoms with Crippen molar-refractivity contribution in [1.82, 2.24) is 21.3 Å². The molecule has 0 unspecified atom stereocenters. The number of carbonyl (C=O) groups excluding carboxylic acids is 2. The summed E-state index contributed by atoms with van der Waals surface area (Å²) in [6.07, 6.45) is 0. The monoisotopic (exact) mass is 356 g/mol. The molecule has 0 spiro atoms. The predicted molar refractivity (Wildman–Crippen MR) is 95.5 cm³/mol. The fourth-order valence-corrected chi connectivity index (χ4v) is 2.73. The van der Waals surface area contributed by atoms with E-state index in [0.29, 0.717) is 6.54 Å². The van der Waals surface area contributed by atoms with Crippen LogP contribution in [0.15, 0.2) is 42.5 Å². The predicted octanol–water partition coefficient (Wildman–Crippen LogP) is 1.54. The normalized spacial score (nSPS) is 12.3. The van der Waals surface area contributed by atoms with Crippen molar-refractivity contribution in [2.45, 2.75) is 26.2 Å². The number of benzene rings is 2. The van der Waals surface area contributed by atoms with E-state index in [2.05, 4.69) is 33.4 Å². The molecular formula is C19H21FN4O2. The van der Waals surface area contributed by atoms with Crippen molar-refractivity contribution in [1.29, 1.82) is 0 Å². The summed E-state index contributed by atoms with van der Waals surface area (Å²) in [6, 6.07) is 11.5. The third-order valence-electron chi connectivity index (χ3n) is 4.17. The van der Waals surface area contributed by atoms with Crippen molar-refractivity contribution in [3.8, 4) is 0 Å². The molecule has 1 aliphatic rings. The summed E-state index contributed by atoms with van der Waals surface area (Å²) < 4.78 is 12.8. The van der Waals surface area contributed by atoms with Gasteiger partial charge in [-0.1, -0.05) is 30.3 Å². The van der Waals surface area contributed by atoms with E-state index in [4.69, 9.17) is 0 Å². The maximum atomic E-state index is 12.8. The lowest BCUT2D eigenvalue weighted by molar-refractivity contribution is -0.120. The summed E-state index contributed by atoms with van der Waals surface area (Å²) in [5, 5.41) is 11.2. The van der Waals surface area contributed by atoms with Crippen LogP contribution < -0.4 is 21.3 Å². The van der Waals surface area contributed by atoms with Gasteiger partial charge in [0.25, 0.3) is 0 Å². The van der Waals surface area contributed by atoms with Gasteiger partial charge in [0.2, 0.25) is 5.91 Å². The molecule has 3 amide bonds. The summed E-state index contributed by atoms with van der Waals surface area (Å²) in [5.74, 6) is -0.588. The largest absolute Gasteiger partial charge is 0.350 e. The summed E-state index contributed by atoms with van der Waals surface area (Å²) >= 11 is 0. The quantitative estimate of drug-likeness (QED) is 0.634. The molecule has 4 N–H and O–H groups in total. The topological polar surface area (TPSA) is 82.3 Å². The van der Waals surface area contributed by atoms with Gasteiger partial charge in [-0.3, -0.25) is 4.79 Å². The molecule has 0 saturated heterocycles. The van der Waals surface area contributed by atoms with Gasteiger partial charge in [0.15, 0.2) is 0 Å². The fraction of sp³-hybridized carbons (Fsp3) is 0.263. The molecule has 0 aliphatic carbocycles. The Balaban J connectivity index is 1.35. The highest BCUT2D eigenvalue weighted by Crippen LogP contribution is 2.16. The number of halogens is 1. The van der Waals surface area contributed by atoms with Crippen LogP contribution >= 0.6 is 0 Å². The summed E-state index contributed by atoms with van der Waals surface area (Å²) in [5.41, 5.74) is 4.35. The minimum Gasteiger partial charge on any atom is -0.350 e. The van der Waals surface area contributed by atoms with Crippen molar-refractivity contribution in [2.24, 2.45) is 0 Å². The molecule has 0 radical (unpaired) electrons. The standard InChI is InChI=1S/C19H21FN4O2/c20-17-5-2-13(3-6-17)8-23-19(26)24-12-18(25)22-9-14-1-4-15-10-21-11-16(15)7-14/h1-7,21H,8-12H2,(H,22,25)(H2,23,24,26). The van der Waals surface area contributed by atoms with E-state index in [-0.39, 0.29) is 24.8 Å². The van der Waals surface area contributed by atoms with Crippen molar-refractivity contribution < 1.29 is 14.0 Å². The van der Waals surface area contributed by atoms with E-state index in [1.807, 2.05) is 6.07 Å². The Morgan fingerprint density at radius 2 is 1.58 bits per heavy atom. The first-order chi connectivity index (χ1) is 12.6. The Morgan fingerprint density at radius 1 is 0.885 bits per heavy atom. The number of nitrogens with one attached hydrogen (secondary N) is 4. The fourth-order valence-electron chi connectivity index (χ4n) is 2.73. The summed E-state index contributed by atoms with van der Waals surface area (Å²) in [4.78, 5) is 23.6. The number of fused-ring (bicyclic) bond motifs is 1. The van der Waals surface area contributed by atoms with Crippen LogP contribution in [0.1, 0.15) is 22.3 Å². The molecule has 0 fully saturated rings. The first-order valence-corrected chi connectivity index (χ1v) is 8.44. The van der Waals surface area contributed by atoms with E-state index in [9.17, 15) is 14.0 Å². The van der Waals surface area contributed by atoms with Gasteiger partial charge >= 0.3 is 6.03 Å². The van der Waals surface area contributed by atoms with Crippen LogP contribution in [-0.2, 0) is 31.0 Å². The zero-order chi connectivity index (χ0) is 18.4. The third kappa shape index (κ3) is 5.03. The summed E-state index contributed by atoms with van der Waals surface area (Å²) in [6.45, 7) is 2.31. The van der Waals surface area contributed by atoms with Crippen LogP contribution in [0, 0.1) is 5.82 Å². The van der Waals surface area contributed by atoms with Crippen LogP contribution in [-0.4, -0.2) is 18.5 Å². The maximum absolute atomic E-state index is 12.8. The second-order valence-corrected chi connectivity index (χ2v) is 6.15. The van der Waals surface area contributed by atoms with E-state index in [1.54, 1.807) is 12.1 Å². The van der Waals surface area contributed by atoms with Gasteiger partial charge in [-0.05, 0) is 34.4 Å². The average molecular weight is 356 g/mol. The van der Waals surface area contributed by atoms with Crippen molar-refractivity contribution in [3.05, 3.63) is 70.5 Å². The molecule has 7 heteroatoms. The van der Waals surface area contributed by atoms with Crippen LogP contribution in [0.2, 0.25) is 0 Å². The number of hydrogen-bond acceptors (Lipinski definition) is 3. The van der Waals surface area contributed by atoms with Gasteiger partial charge in [-0.2, -0.15) is 0 Å². The van der Waals surface area contributed by atoms with Gasteiger partial charge in [0, 0.05) is 26.2 Å². The lowest BCUT2D eigenvalue weighted by Crippen LogP contribution is -2.41. The van der Waals surface area contributed by atoms with E-state index in [0.717, 1.165) is 24.2 Å². The lowest BCUT2D eigenvalue weighted by Gasteiger charge is -2.09. The van der Waals surface area contributed by atoms with Crippen LogP contribution in [0.4, 0.5) is 9.18 Å². The van der Waals surface area contributed by atoms with Gasteiger partial charge in [0.1, 0.15) is 5.82 Å². The Kier molecular flexibility index (Phi) is 5.80. The minimum atomic E-state index is -0.451. The van der Waals surface area contributed by atoms with Gasteiger partial charge in [-0.15, -0.1) is 0 Å². The number of amides is 3. The molecule has 136 valence electrons. The SMILES string of the molecule is O=C(CNC(=O)NCc1ccc(F)cc1)NCc1ccc2c(c1)CNC2. The zero-order valence-corrected chi connectivity index (χ0v) is 14.3. The van der Waals surface area contributed by atoms with Crippen molar-refractivity contribution in [2.75, 3.05) is 6.54 Å².